The fourth-order valence-corrected chi connectivity index (χ4v) is 13.6. The molecule has 338 valence electrons. The molecule has 0 aliphatic heterocycles. The predicted octanol–water partition coefficient (Wildman–Crippen LogP) is 20.7. The Balaban J connectivity index is 0.927. The third-order valence-corrected chi connectivity index (χ3v) is 16.6. The van der Waals surface area contributed by atoms with Gasteiger partial charge in [-0.1, -0.05) is 206 Å². The van der Waals surface area contributed by atoms with Crippen LogP contribution in [0.3, 0.4) is 0 Å². The molecule has 0 aliphatic carbocycles. The lowest BCUT2D eigenvalue weighted by Crippen LogP contribution is -2.12. The molecular formula is C68H44N2S2. The van der Waals surface area contributed by atoms with Crippen LogP contribution in [0.15, 0.2) is 267 Å². The number of nitrogens with zero attached hydrogens (tertiary/aromatic N) is 2. The van der Waals surface area contributed by atoms with Gasteiger partial charge < -0.3 is 9.80 Å². The molecular weight excluding hydrogens is 909 g/mol. The fraction of sp³-hybridized carbons (Fsp3) is 0. The minimum atomic E-state index is 1.09. The first-order valence-corrected chi connectivity index (χ1v) is 26.1. The Hall–Kier alpha value is -8.80. The molecule has 0 atom stereocenters. The summed E-state index contributed by atoms with van der Waals surface area (Å²) in [7, 11) is 0. The molecule has 0 radical (unpaired) electrons. The standard InChI is InChI=1S/C68H44N2S2/c1-5-21-47(22-6-1)61-65(55-31-15-13-29-53(55)63-57-33-17-19-35-59(57)71-67(61)63)69(49-25-9-3-10-26-49)51-41-37-45(38-42-51)46-39-43-52(44-40-46)70(50-27-11-4-12-28-50)66-56-32-16-14-30-54(56)64-58-34-18-20-36-60(58)72-68(64)62(66)48-23-7-2-8-24-48/h1-44H. The van der Waals surface area contributed by atoms with Crippen molar-refractivity contribution in [1.82, 2.24) is 0 Å². The Bertz CT molecular complexity index is 4020. The summed E-state index contributed by atoms with van der Waals surface area (Å²) in [6.07, 6.45) is 0. The van der Waals surface area contributed by atoms with E-state index in [0.29, 0.717) is 0 Å². The lowest BCUT2D eigenvalue weighted by Gasteiger charge is -2.30. The lowest BCUT2D eigenvalue weighted by molar-refractivity contribution is 1.30. The molecule has 14 rings (SSSR count). The summed E-state index contributed by atoms with van der Waals surface area (Å²) < 4.78 is 5.18. The zero-order valence-corrected chi connectivity index (χ0v) is 40.7. The average Bonchev–Trinajstić information content (AvgIpc) is 4.05. The van der Waals surface area contributed by atoms with Gasteiger partial charge in [-0.3, -0.25) is 0 Å². The average molecular weight is 953 g/mol. The van der Waals surface area contributed by atoms with Crippen molar-refractivity contribution in [2.45, 2.75) is 0 Å². The van der Waals surface area contributed by atoms with Gasteiger partial charge in [0.05, 0.1) is 11.4 Å². The summed E-state index contributed by atoms with van der Waals surface area (Å²) in [5.41, 5.74) is 13.9. The van der Waals surface area contributed by atoms with E-state index in [0.717, 1.165) is 33.9 Å². The maximum Gasteiger partial charge on any atom is 0.0633 e. The summed E-state index contributed by atoms with van der Waals surface area (Å²) in [6, 6.07) is 97.6. The van der Waals surface area contributed by atoms with Gasteiger partial charge in [-0.2, -0.15) is 0 Å². The molecule has 0 amide bonds. The Morgan fingerprint density at radius 3 is 0.889 bits per heavy atom. The molecule has 2 heterocycles. The monoisotopic (exact) mass is 952 g/mol. The number of hydrogen-bond donors (Lipinski definition) is 0. The van der Waals surface area contributed by atoms with Gasteiger partial charge in [0, 0.05) is 85.0 Å². The normalized spacial score (nSPS) is 11.6. The van der Waals surface area contributed by atoms with Crippen molar-refractivity contribution in [3.8, 4) is 33.4 Å². The third kappa shape index (κ3) is 6.91. The van der Waals surface area contributed by atoms with Crippen LogP contribution in [-0.4, -0.2) is 0 Å². The van der Waals surface area contributed by atoms with Crippen LogP contribution in [0.25, 0.3) is 95.3 Å². The van der Waals surface area contributed by atoms with Crippen molar-refractivity contribution in [2.75, 3.05) is 9.80 Å². The van der Waals surface area contributed by atoms with Crippen molar-refractivity contribution in [3.05, 3.63) is 267 Å². The van der Waals surface area contributed by atoms with Gasteiger partial charge in [-0.05, 0) is 93.7 Å². The molecule has 0 unspecified atom stereocenters. The second-order valence-corrected chi connectivity index (χ2v) is 20.4. The van der Waals surface area contributed by atoms with E-state index in [9.17, 15) is 0 Å². The number of thiophene rings is 2. The third-order valence-electron chi connectivity index (χ3n) is 14.2. The maximum atomic E-state index is 2.47. The van der Waals surface area contributed by atoms with Crippen LogP contribution in [-0.2, 0) is 0 Å². The van der Waals surface area contributed by atoms with Crippen molar-refractivity contribution < 1.29 is 0 Å². The molecule has 2 aromatic heterocycles. The zero-order chi connectivity index (χ0) is 47.5. The molecule has 14 aromatic rings. The van der Waals surface area contributed by atoms with Crippen LogP contribution >= 0.6 is 22.7 Å². The van der Waals surface area contributed by atoms with Gasteiger partial charge in [0.15, 0.2) is 0 Å². The summed E-state index contributed by atoms with van der Waals surface area (Å²) in [4.78, 5) is 4.95. The van der Waals surface area contributed by atoms with Crippen molar-refractivity contribution in [2.24, 2.45) is 0 Å². The van der Waals surface area contributed by atoms with Gasteiger partial charge in [-0.15, -0.1) is 22.7 Å². The van der Waals surface area contributed by atoms with Crippen LogP contribution in [0.5, 0.6) is 0 Å². The molecule has 4 heteroatoms. The van der Waals surface area contributed by atoms with E-state index in [1.165, 1.54) is 95.5 Å². The fourth-order valence-electron chi connectivity index (χ4n) is 11.1. The molecule has 0 bridgehead atoms. The Kier molecular flexibility index (Phi) is 10.3. The summed E-state index contributed by atoms with van der Waals surface area (Å²) in [5, 5.41) is 10.2. The van der Waals surface area contributed by atoms with Gasteiger partial charge in [-0.25, -0.2) is 0 Å². The first-order chi connectivity index (χ1) is 35.8. The molecule has 0 aliphatic rings. The molecule has 0 fully saturated rings. The molecule has 2 nitrogen and oxygen atoms in total. The van der Waals surface area contributed by atoms with Crippen molar-refractivity contribution >= 4 is 119 Å². The quantitative estimate of drug-likeness (QED) is 0.142. The van der Waals surface area contributed by atoms with Gasteiger partial charge in [0.2, 0.25) is 0 Å². The predicted molar refractivity (Wildman–Crippen MR) is 313 cm³/mol. The number of para-hydroxylation sites is 2. The van der Waals surface area contributed by atoms with Crippen LogP contribution in [0.4, 0.5) is 34.1 Å². The molecule has 0 saturated heterocycles. The molecule has 12 aromatic carbocycles. The molecule has 0 spiro atoms. The SMILES string of the molecule is c1ccc(-c2c(N(c3ccccc3)c3ccc(-c4ccc(N(c5ccccc5)c5c(-c6ccccc6)c6sc7ccccc7c6c6ccccc56)cc4)cc3)c3ccccc3c3c2sc2ccccc23)cc1. The Labute approximate surface area is 426 Å². The van der Waals surface area contributed by atoms with E-state index in [1.807, 2.05) is 22.7 Å². The highest BCUT2D eigenvalue weighted by Crippen LogP contribution is 2.55. The highest BCUT2D eigenvalue weighted by molar-refractivity contribution is 7.27. The van der Waals surface area contributed by atoms with Gasteiger partial charge in [0.1, 0.15) is 0 Å². The number of rotatable bonds is 9. The second kappa shape index (κ2) is 17.6. The second-order valence-electron chi connectivity index (χ2n) is 18.3. The van der Waals surface area contributed by atoms with E-state index in [1.54, 1.807) is 0 Å². The smallest absolute Gasteiger partial charge is 0.0633 e. The van der Waals surface area contributed by atoms with E-state index >= 15 is 0 Å². The van der Waals surface area contributed by atoms with Crippen LogP contribution < -0.4 is 9.80 Å². The summed E-state index contributed by atoms with van der Waals surface area (Å²) in [6.45, 7) is 0. The topological polar surface area (TPSA) is 6.48 Å². The zero-order valence-electron chi connectivity index (χ0n) is 39.1. The van der Waals surface area contributed by atoms with Crippen LogP contribution in [0.2, 0.25) is 0 Å². The summed E-state index contributed by atoms with van der Waals surface area (Å²) in [5.74, 6) is 0. The summed E-state index contributed by atoms with van der Waals surface area (Å²) >= 11 is 3.78. The van der Waals surface area contributed by atoms with Gasteiger partial charge in [0.25, 0.3) is 0 Å². The van der Waals surface area contributed by atoms with Crippen molar-refractivity contribution in [1.29, 1.82) is 0 Å². The van der Waals surface area contributed by atoms with E-state index in [4.69, 9.17) is 0 Å². The maximum absolute atomic E-state index is 2.47. The highest BCUT2D eigenvalue weighted by Gasteiger charge is 2.28. The number of anilines is 6. The number of benzene rings is 12. The Morgan fingerprint density at radius 2 is 0.514 bits per heavy atom. The van der Waals surface area contributed by atoms with Crippen LogP contribution in [0.1, 0.15) is 0 Å². The van der Waals surface area contributed by atoms with Crippen LogP contribution in [0, 0.1) is 0 Å². The highest BCUT2D eigenvalue weighted by atomic mass is 32.1. The van der Waals surface area contributed by atoms with E-state index in [2.05, 4.69) is 277 Å². The minimum absolute atomic E-state index is 1.09. The first kappa shape index (κ1) is 42.1. The molecule has 72 heavy (non-hydrogen) atoms. The largest absolute Gasteiger partial charge is 0.309 e. The Morgan fingerprint density at radius 1 is 0.222 bits per heavy atom. The first-order valence-electron chi connectivity index (χ1n) is 24.5. The molecule has 0 N–H and O–H groups in total. The molecule has 0 saturated carbocycles. The number of hydrogen-bond acceptors (Lipinski definition) is 4. The minimum Gasteiger partial charge on any atom is -0.309 e. The van der Waals surface area contributed by atoms with Gasteiger partial charge >= 0.3 is 0 Å². The van der Waals surface area contributed by atoms with Crippen molar-refractivity contribution in [3.63, 3.8) is 0 Å². The van der Waals surface area contributed by atoms with E-state index in [-0.39, 0.29) is 0 Å². The number of fused-ring (bicyclic) bond motifs is 10. The van der Waals surface area contributed by atoms with E-state index < -0.39 is 0 Å². The lowest BCUT2D eigenvalue weighted by atomic mass is 9.92.